The van der Waals surface area contributed by atoms with E-state index in [2.05, 4.69) is 93.5 Å². The van der Waals surface area contributed by atoms with Gasteiger partial charge < -0.3 is 0 Å². The van der Waals surface area contributed by atoms with E-state index in [0.717, 1.165) is 0 Å². The Hall–Kier alpha value is -1.10. The van der Waals surface area contributed by atoms with Gasteiger partial charge in [0.2, 0.25) is 0 Å². The van der Waals surface area contributed by atoms with Gasteiger partial charge >= 0.3 is 537 Å². The molecule has 0 unspecified atom stereocenters. The molecule has 7 rings (SSSR count). The summed E-state index contributed by atoms with van der Waals surface area (Å²) in [5.41, 5.74) is 18.4. The van der Waals surface area contributed by atoms with Crippen LogP contribution in [-0.2, 0) is 10.8 Å². The Morgan fingerprint density at radius 2 is 0.430 bits per heavy atom. The summed E-state index contributed by atoms with van der Waals surface area (Å²) in [5, 5.41) is 0. The zero-order valence-corrected chi connectivity index (χ0v) is 75.1. The molecular weight excluding hydrogens is 1460 g/mol. The van der Waals surface area contributed by atoms with Crippen LogP contribution in [0, 0.1) is 0 Å². The monoisotopic (exact) mass is 1620 g/mol. The van der Waals surface area contributed by atoms with Gasteiger partial charge in [-0.1, -0.05) is 105 Å². The first kappa shape index (κ1) is 86.1. The molecule has 0 amide bonds. The predicted octanol–water partition coefficient (Wildman–Crippen LogP) is 31.6. The van der Waals surface area contributed by atoms with Gasteiger partial charge in [0.1, 0.15) is 0 Å². The number of rotatable bonds is 64. The van der Waals surface area contributed by atoms with Gasteiger partial charge in [0.05, 0.1) is 0 Å². The van der Waals surface area contributed by atoms with Gasteiger partial charge in [-0.3, -0.25) is 0 Å². The molecule has 0 N–H and O–H groups in total. The molecule has 5 aromatic rings. The zero-order chi connectivity index (χ0) is 71.0. The predicted molar refractivity (Wildman–Crippen MR) is 456 cm³/mol. The van der Waals surface area contributed by atoms with Crippen molar-refractivity contribution in [2.45, 2.75) is 466 Å². The van der Waals surface area contributed by atoms with E-state index in [0.29, 0.717) is 0 Å². The van der Waals surface area contributed by atoms with E-state index in [9.17, 15) is 0 Å². The second kappa shape index (κ2) is 49.0. The average molecular weight is 1620 g/mol. The van der Waals surface area contributed by atoms with Crippen molar-refractivity contribution in [3.63, 3.8) is 0 Å². The number of hydrogen-bond acceptors (Lipinski definition) is 6. The third kappa shape index (κ3) is 23.9. The van der Waals surface area contributed by atoms with Crippen molar-refractivity contribution < 1.29 is 0 Å². The average Bonchev–Trinajstić information content (AvgIpc) is 1.51. The summed E-state index contributed by atoms with van der Waals surface area (Å²) < 4.78 is 35.3. The first-order valence-electron chi connectivity index (χ1n) is 45.0. The first-order valence-corrected chi connectivity index (χ1v) is 61.5. The molecule has 0 spiro atoms. The number of hydrogen-bond donors (Lipinski definition) is 0. The summed E-state index contributed by atoms with van der Waals surface area (Å²) in [6, 6.07) is 12.0. The molecular formula is C92H158N4S2Sn2. The molecule has 0 radical (unpaired) electrons. The fourth-order valence-electron chi connectivity index (χ4n) is 19.7. The summed E-state index contributed by atoms with van der Waals surface area (Å²) in [6.07, 6.45) is 76.4. The van der Waals surface area contributed by atoms with E-state index in [1.807, 2.05) is 0 Å². The van der Waals surface area contributed by atoms with Crippen molar-refractivity contribution in [3.8, 4) is 22.3 Å². The number of benzene rings is 3. The van der Waals surface area contributed by atoms with E-state index in [-0.39, 0.29) is 10.8 Å². The van der Waals surface area contributed by atoms with E-state index in [1.54, 1.807) is 75.1 Å². The van der Waals surface area contributed by atoms with E-state index in [1.165, 1.54) is 408 Å². The van der Waals surface area contributed by atoms with E-state index >= 15 is 0 Å². The summed E-state index contributed by atoms with van der Waals surface area (Å²) >= 11 is -3.11. The van der Waals surface area contributed by atoms with Crippen molar-refractivity contribution in [2.75, 3.05) is 0 Å². The van der Waals surface area contributed by atoms with Crippen LogP contribution in [0.1, 0.15) is 451 Å². The van der Waals surface area contributed by atoms with Crippen LogP contribution in [-0.4, -0.2) is 54.2 Å². The minimum atomic E-state index is -3.13. The summed E-state index contributed by atoms with van der Waals surface area (Å²) in [7, 11) is 0. The Morgan fingerprint density at radius 3 is 0.650 bits per heavy atom. The molecule has 3 aromatic carbocycles. The van der Waals surface area contributed by atoms with Crippen LogP contribution in [0.25, 0.3) is 44.3 Å². The van der Waals surface area contributed by atoms with Crippen molar-refractivity contribution in [1.82, 2.24) is 17.5 Å². The maximum absolute atomic E-state index is 5.76. The second-order valence-electron chi connectivity index (χ2n) is 33.6. The molecule has 0 saturated heterocycles. The molecule has 566 valence electrons. The fourth-order valence-corrected chi connectivity index (χ4v) is 54.3. The molecule has 0 fully saturated rings. The van der Waals surface area contributed by atoms with Crippen LogP contribution in [0.4, 0.5) is 0 Å². The number of aromatic nitrogens is 4. The minimum absolute atomic E-state index is 0.0611. The van der Waals surface area contributed by atoms with Gasteiger partial charge in [-0.05, 0) is 0 Å². The summed E-state index contributed by atoms with van der Waals surface area (Å²) in [5.74, 6) is 0. The number of nitrogens with zero attached hydrogens (tertiary/aromatic N) is 4. The van der Waals surface area contributed by atoms with Gasteiger partial charge in [0, 0.05) is 0 Å². The molecule has 0 atom stereocenters. The Balaban J connectivity index is 1.51. The standard InChI is InChI=1S/C68H104N4S2.6C4H9.2Sn/c1-5-9-13-17-21-25-29-33-37-41-49-67(50-42-38-34-30-26-22-18-14-10-6-2)57-45-47-61-65(71-73-69-61)63(57)55-54-60-56(53-59(55)67)64-58(46-48-62-66(64)72-74-70-62)68(60,51-43-39-35-31-27-23-19-15-11-7-3)52-44-40-36-32-28-24-20-16-12-8-4;6*1-3-4-2;;/h45-46,53-54H,5-44,49-52H2,1-4H3;6*1,3-4H2,2H3;;. The zero-order valence-electron chi connectivity index (χ0n) is 67.8. The molecule has 8 heteroatoms. The SMILES string of the molecule is CCCCCCCCCCCCC1(CCCCCCCCCCCC)c2cc3c(cc2-c2c1c[c]([Sn]([CH2]CCC)([CH2]CCC)[CH2]CCC)c1nsnc21)C(CCCCCCCCCCCC)(CCCCCCCCCCCC)c1c[c]([Sn]([CH2]CCC)([CH2]CCC)[CH2]CCC)c2nsnc2c1-3. The molecule has 2 aliphatic rings. The van der Waals surface area contributed by atoms with Gasteiger partial charge in [0.25, 0.3) is 0 Å². The van der Waals surface area contributed by atoms with Crippen LogP contribution in [0.15, 0.2) is 24.3 Å². The fraction of sp³-hybridized carbons (Fsp3) is 0.804. The van der Waals surface area contributed by atoms with Crippen LogP contribution in [0.5, 0.6) is 0 Å². The Labute approximate surface area is 636 Å². The molecule has 0 aliphatic heterocycles. The van der Waals surface area contributed by atoms with Crippen molar-refractivity contribution in [2.24, 2.45) is 0 Å². The maximum atomic E-state index is 5.76. The Kier molecular flexibility index (Phi) is 42.2. The molecule has 4 nitrogen and oxygen atoms in total. The third-order valence-electron chi connectivity index (χ3n) is 25.9. The van der Waals surface area contributed by atoms with Gasteiger partial charge in [-0.2, -0.15) is 0 Å². The Bertz CT molecular complexity index is 2680. The Morgan fingerprint density at radius 1 is 0.230 bits per heavy atom. The molecule has 100 heavy (non-hydrogen) atoms. The van der Waals surface area contributed by atoms with Crippen LogP contribution >= 0.6 is 23.5 Å². The van der Waals surface area contributed by atoms with Crippen molar-refractivity contribution >= 4 is 89.4 Å². The van der Waals surface area contributed by atoms with Gasteiger partial charge in [-0.25, -0.2) is 0 Å². The normalized spacial score (nSPS) is 13.9. The van der Waals surface area contributed by atoms with Gasteiger partial charge in [0.15, 0.2) is 0 Å². The number of fused-ring (bicyclic) bond motifs is 10. The third-order valence-corrected chi connectivity index (χ3v) is 58.1. The van der Waals surface area contributed by atoms with E-state index < -0.39 is 36.8 Å². The van der Waals surface area contributed by atoms with Crippen LogP contribution in [0.3, 0.4) is 0 Å². The quantitative estimate of drug-likeness (QED) is 0.0288. The van der Waals surface area contributed by atoms with Crippen LogP contribution in [0.2, 0.25) is 26.6 Å². The molecule has 0 saturated carbocycles. The van der Waals surface area contributed by atoms with Crippen LogP contribution < -0.4 is 7.16 Å². The molecule has 2 heterocycles. The van der Waals surface area contributed by atoms with E-state index in [4.69, 9.17) is 17.5 Å². The topological polar surface area (TPSA) is 51.6 Å². The van der Waals surface area contributed by atoms with Gasteiger partial charge in [-0.15, -0.1) is 0 Å². The number of unbranched alkanes of at least 4 members (excludes halogenated alkanes) is 42. The summed E-state index contributed by atoms with van der Waals surface area (Å²) in [6.45, 7) is 24.3. The van der Waals surface area contributed by atoms with Crippen molar-refractivity contribution in [3.05, 3.63) is 46.5 Å². The first-order chi connectivity index (χ1) is 49.2. The molecule has 2 aromatic heterocycles. The summed E-state index contributed by atoms with van der Waals surface area (Å²) in [4.78, 5) is 0. The van der Waals surface area contributed by atoms with Crippen molar-refractivity contribution in [1.29, 1.82) is 0 Å². The second-order valence-corrected chi connectivity index (χ2v) is 60.9. The molecule has 0 bridgehead atoms. The molecule has 2 aliphatic carbocycles.